The van der Waals surface area contributed by atoms with Crippen molar-refractivity contribution >= 4 is 33.4 Å². The zero-order valence-corrected chi connectivity index (χ0v) is 8.87. The minimum Gasteiger partial charge on any atom is -0.469 e. The third-order valence-corrected chi connectivity index (χ3v) is 2.80. The number of benzene rings is 1. The van der Waals surface area contributed by atoms with Gasteiger partial charge in [-0.25, -0.2) is 0 Å². The van der Waals surface area contributed by atoms with Crippen molar-refractivity contribution < 1.29 is 9.53 Å². The van der Waals surface area contributed by atoms with Gasteiger partial charge in [-0.1, -0.05) is 4.49 Å². The number of fused-ring (bicyclic) bond motifs is 1. The lowest BCUT2D eigenvalue weighted by Gasteiger charge is -2.04. The normalized spacial score (nSPS) is 10.5. The topological polar surface area (TPSA) is 78.1 Å². The molecule has 2 N–H and O–H groups in total. The Hall–Kier alpha value is -1.69. The fourth-order valence-electron chi connectivity index (χ4n) is 1.32. The summed E-state index contributed by atoms with van der Waals surface area (Å²) in [6.07, 6.45) is 0.130. The number of hydrogen-bond acceptors (Lipinski definition) is 6. The van der Waals surface area contributed by atoms with Crippen LogP contribution >= 0.6 is 11.5 Å². The number of anilines is 1. The number of rotatable bonds is 2. The average molecular weight is 223 g/mol. The molecule has 0 amide bonds. The molecule has 0 saturated heterocycles. The van der Waals surface area contributed by atoms with Crippen LogP contribution in [-0.2, 0) is 16.0 Å². The van der Waals surface area contributed by atoms with Crippen LogP contribution in [-0.4, -0.2) is 22.7 Å². The molecule has 2 rings (SSSR count). The molecular weight excluding hydrogens is 214 g/mol. The minimum absolute atomic E-state index is 0.130. The quantitative estimate of drug-likeness (QED) is 0.606. The summed E-state index contributed by atoms with van der Waals surface area (Å²) >= 11 is 1.28. The van der Waals surface area contributed by atoms with E-state index in [-0.39, 0.29) is 12.4 Å². The van der Waals surface area contributed by atoms with E-state index < -0.39 is 0 Å². The number of nitrogens with two attached hydrogens (primary N) is 1. The van der Waals surface area contributed by atoms with Gasteiger partial charge in [-0.3, -0.25) is 4.79 Å². The molecule has 1 heterocycles. The number of hydrogen-bond donors (Lipinski definition) is 1. The molecule has 0 atom stereocenters. The molecule has 0 spiro atoms. The number of esters is 1. The molecule has 0 aliphatic carbocycles. The Morgan fingerprint density at radius 2 is 2.40 bits per heavy atom. The van der Waals surface area contributed by atoms with E-state index >= 15 is 0 Å². The molecule has 6 heteroatoms. The van der Waals surface area contributed by atoms with Gasteiger partial charge in [-0.15, -0.1) is 5.10 Å². The van der Waals surface area contributed by atoms with Crippen LogP contribution in [0.3, 0.4) is 0 Å². The Morgan fingerprint density at radius 1 is 1.60 bits per heavy atom. The molecule has 2 aromatic rings. The number of methoxy groups -OCH3 is 1. The average Bonchev–Trinajstić information content (AvgIpc) is 2.70. The second-order valence-electron chi connectivity index (χ2n) is 3.01. The summed E-state index contributed by atoms with van der Waals surface area (Å²) in [6.45, 7) is 0. The van der Waals surface area contributed by atoms with E-state index in [2.05, 4.69) is 14.3 Å². The highest BCUT2D eigenvalue weighted by molar-refractivity contribution is 7.12. The Kier molecular flexibility index (Phi) is 2.51. The van der Waals surface area contributed by atoms with Crippen LogP contribution in [0.4, 0.5) is 5.69 Å². The van der Waals surface area contributed by atoms with Crippen LogP contribution in [0, 0.1) is 0 Å². The highest BCUT2D eigenvalue weighted by Crippen LogP contribution is 2.25. The molecule has 15 heavy (non-hydrogen) atoms. The third-order valence-electron chi connectivity index (χ3n) is 2.11. The fraction of sp³-hybridized carbons (Fsp3) is 0.222. The van der Waals surface area contributed by atoms with Crippen molar-refractivity contribution in [3.63, 3.8) is 0 Å². The van der Waals surface area contributed by atoms with Gasteiger partial charge >= 0.3 is 5.97 Å². The van der Waals surface area contributed by atoms with Gasteiger partial charge < -0.3 is 10.5 Å². The molecular formula is C9H9N3O2S. The second-order valence-corrected chi connectivity index (χ2v) is 3.79. The first-order valence-electron chi connectivity index (χ1n) is 4.28. The zero-order valence-electron chi connectivity index (χ0n) is 8.06. The fourth-order valence-corrected chi connectivity index (χ4v) is 1.91. The smallest absolute Gasteiger partial charge is 0.310 e. The first-order chi connectivity index (χ1) is 7.22. The summed E-state index contributed by atoms with van der Waals surface area (Å²) in [5.74, 6) is -0.331. The Balaban J connectivity index is 2.51. The molecule has 0 aliphatic heterocycles. The van der Waals surface area contributed by atoms with Crippen molar-refractivity contribution in [1.29, 1.82) is 0 Å². The number of nitrogen functional groups attached to an aromatic ring is 1. The number of nitrogens with zero attached hydrogens (tertiary/aromatic N) is 2. The minimum atomic E-state index is -0.331. The highest BCUT2D eigenvalue weighted by Gasteiger charge is 2.13. The Morgan fingerprint density at radius 3 is 3.13 bits per heavy atom. The van der Waals surface area contributed by atoms with E-state index in [1.165, 1.54) is 18.6 Å². The van der Waals surface area contributed by atoms with Crippen LogP contribution in [0.25, 0.3) is 10.2 Å². The van der Waals surface area contributed by atoms with E-state index in [9.17, 15) is 4.79 Å². The van der Waals surface area contributed by atoms with E-state index in [0.29, 0.717) is 16.8 Å². The van der Waals surface area contributed by atoms with E-state index in [0.717, 1.165) is 4.70 Å². The first-order valence-corrected chi connectivity index (χ1v) is 5.06. The number of carbonyl (C=O) groups is 1. The summed E-state index contributed by atoms with van der Waals surface area (Å²) < 4.78 is 9.34. The Labute approximate surface area is 90.0 Å². The molecule has 0 saturated carbocycles. The summed E-state index contributed by atoms with van der Waals surface area (Å²) in [7, 11) is 1.35. The van der Waals surface area contributed by atoms with Crippen LogP contribution < -0.4 is 5.73 Å². The van der Waals surface area contributed by atoms with Gasteiger partial charge in [0.15, 0.2) is 0 Å². The second kappa shape index (κ2) is 3.82. The number of aromatic nitrogens is 2. The highest BCUT2D eigenvalue weighted by atomic mass is 32.1. The van der Waals surface area contributed by atoms with Gasteiger partial charge in [-0.2, -0.15) is 0 Å². The third kappa shape index (κ3) is 1.75. The van der Waals surface area contributed by atoms with Crippen molar-refractivity contribution in [3.05, 3.63) is 17.7 Å². The molecule has 0 unspecified atom stereocenters. The lowest BCUT2D eigenvalue weighted by molar-refractivity contribution is -0.139. The number of ether oxygens (including phenoxy) is 1. The van der Waals surface area contributed by atoms with Gasteiger partial charge in [0.05, 0.1) is 18.2 Å². The largest absolute Gasteiger partial charge is 0.469 e. The van der Waals surface area contributed by atoms with Crippen molar-refractivity contribution in [1.82, 2.24) is 9.59 Å². The van der Waals surface area contributed by atoms with Crippen molar-refractivity contribution in [2.45, 2.75) is 6.42 Å². The molecule has 1 aromatic carbocycles. The van der Waals surface area contributed by atoms with Gasteiger partial charge in [0, 0.05) is 11.3 Å². The first kappa shape index (κ1) is 9.85. The van der Waals surface area contributed by atoms with Crippen molar-refractivity contribution in [2.75, 3.05) is 12.8 Å². The predicted octanol–water partition coefficient (Wildman–Crippen LogP) is 0.989. The molecule has 5 nitrogen and oxygen atoms in total. The van der Waals surface area contributed by atoms with Gasteiger partial charge in [0.1, 0.15) is 5.52 Å². The van der Waals surface area contributed by atoms with Crippen LogP contribution in [0.15, 0.2) is 12.1 Å². The zero-order chi connectivity index (χ0) is 10.8. The van der Waals surface area contributed by atoms with E-state index in [1.807, 2.05) is 6.07 Å². The van der Waals surface area contributed by atoms with Crippen molar-refractivity contribution in [2.24, 2.45) is 0 Å². The van der Waals surface area contributed by atoms with E-state index in [4.69, 9.17) is 5.73 Å². The summed E-state index contributed by atoms with van der Waals surface area (Å²) in [6, 6.07) is 3.59. The molecule has 78 valence electrons. The van der Waals surface area contributed by atoms with Gasteiger partial charge in [-0.05, 0) is 23.7 Å². The maximum atomic E-state index is 11.2. The molecule has 1 aromatic heterocycles. The molecule has 0 radical (unpaired) electrons. The Bertz CT molecular complexity index is 509. The van der Waals surface area contributed by atoms with Crippen LogP contribution in [0.5, 0.6) is 0 Å². The monoisotopic (exact) mass is 223 g/mol. The maximum Gasteiger partial charge on any atom is 0.310 e. The standard InChI is InChI=1S/C9H9N3O2S/c1-14-8(13)4-5-6(10)2-3-7-9(5)11-12-15-7/h2-3H,4,10H2,1H3. The van der Waals surface area contributed by atoms with Crippen LogP contribution in [0.2, 0.25) is 0 Å². The van der Waals surface area contributed by atoms with Gasteiger partial charge in [0.25, 0.3) is 0 Å². The van der Waals surface area contributed by atoms with Crippen molar-refractivity contribution in [3.8, 4) is 0 Å². The summed E-state index contributed by atoms with van der Waals surface area (Å²) in [5, 5.41) is 3.95. The maximum absolute atomic E-state index is 11.2. The number of carbonyl (C=O) groups excluding carboxylic acids is 1. The van der Waals surface area contributed by atoms with E-state index in [1.54, 1.807) is 6.07 Å². The lowest BCUT2D eigenvalue weighted by Crippen LogP contribution is -2.07. The summed E-state index contributed by atoms with van der Waals surface area (Å²) in [5.41, 5.74) is 7.69. The molecule has 0 bridgehead atoms. The lowest BCUT2D eigenvalue weighted by atomic mass is 10.1. The predicted molar refractivity (Wildman–Crippen MR) is 57.5 cm³/mol. The van der Waals surface area contributed by atoms with Crippen LogP contribution in [0.1, 0.15) is 5.56 Å². The van der Waals surface area contributed by atoms with Gasteiger partial charge in [0.2, 0.25) is 0 Å². The molecule has 0 fully saturated rings. The SMILES string of the molecule is COC(=O)Cc1c(N)ccc2snnc12. The molecule has 0 aliphatic rings. The summed E-state index contributed by atoms with van der Waals surface area (Å²) in [4.78, 5) is 11.2.